The van der Waals surface area contributed by atoms with Crippen LogP contribution in [0.15, 0.2) is 30.3 Å². The van der Waals surface area contributed by atoms with E-state index >= 15 is 0 Å². The zero-order valence-corrected chi connectivity index (χ0v) is 14.5. The van der Waals surface area contributed by atoms with Crippen LogP contribution in [0.25, 0.3) is 0 Å². The third-order valence-corrected chi connectivity index (χ3v) is 5.74. The molecule has 1 aromatic carbocycles. The fourth-order valence-electron chi connectivity index (χ4n) is 4.23. The zero-order chi connectivity index (χ0) is 17.0. The van der Waals surface area contributed by atoms with Crippen LogP contribution >= 0.6 is 0 Å². The van der Waals surface area contributed by atoms with Crippen LogP contribution in [0.3, 0.4) is 0 Å². The number of nitrogens with two attached hydrogens (primary N) is 1. The van der Waals surface area contributed by atoms with Crippen LogP contribution in [0.1, 0.15) is 24.3 Å². The van der Waals surface area contributed by atoms with Crippen LogP contribution < -0.4 is 11.1 Å². The molecule has 0 aliphatic carbocycles. The van der Waals surface area contributed by atoms with Crippen molar-refractivity contribution in [1.82, 2.24) is 10.2 Å². The van der Waals surface area contributed by atoms with E-state index in [0.717, 1.165) is 39.0 Å². The van der Waals surface area contributed by atoms with Gasteiger partial charge in [-0.25, -0.2) is 0 Å². The molecule has 5 nitrogen and oxygen atoms in total. The molecule has 2 saturated heterocycles. The number of likely N-dealkylation sites (tertiary alicyclic amines) is 1. The minimum Gasteiger partial charge on any atom is -0.385 e. The third-order valence-electron chi connectivity index (χ3n) is 5.74. The van der Waals surface area contributed by atoms with Gasteiger partial charge in [-0.1, -0.05) is 30.3 Å². The Morgan fingerprint density at radius 3 is 2.79 bits per heavy atom. The Bertz CT molecular complexity index is 543. The van der Waals surface area contributed by atoms with Gasteiger partial charge in [0.25, 0.3) is 0 Å². The Kier molecular flexibility index (Phi) is 5.54. The molecule has 0 saturated carbocycles. The maximum absolute atomic E-state index is 13.3. The lowest BCUT2D eigenvalue weighted by molar-refractivity contribution is -0.141. The van der Waals surface area contributed by atoms with Gasteiger partial charge in [-0.2, -0.15) is 0 Å². The van der Waals surface area contributed by atoms with E-state index in [1.165, 1.54) is 5.56 Å². The number of carbonyl (C=O) groups excluding carboxylic acids is 1. The van der Waals surface area contributed by atoms with E-state index in [2.05, 4.69) is 34.5 Å². The molecule has 2 fully saturated rings. The SMILES string of the molecule is COCCC1(C(=O)N2C[C@@H](CN)[C@H](c3ccccc3)C2)CCNC1. The number of amides is 1. The molecule has 3 rings (SSSR count). The lowest BCUT2D eigenvalue weighted by Gasteiger charge is -2.31. The maximum Gasteiger partial charge on any atom is 0.230 e. The number of ether oxygens (including phenoxy) is 1. The standard InChI is InChI=1S/C19H29N3O2/c1-24-10-8-19(7-9-21-14-19)18(23)22-12-16(11-20)17(13-22)15-5-3-2-4-6-15/h2-6,16-17,21H,7-14,20H2,1H3/t16-,17+,19?/m1/s1. The van der Waals surface area contributed by atoms with Gasteiger partial charge in [0.15, 0.2) is 0 Å². The first-order valence-corrected chi connectivity index (χ1v) is 8.94. The molecule has 2 aliphatic rings. The number of nitrogens with zero attached hydrogens (tertiary/aromatic N) is 1. The fourth-order valence-corrected chi connectivity index (χ4v) is 4.23. The van der Waals surface area contributed by atoms with Gasteiger partial charge in [0.05, 0.1) is 5.41 Å². The Morgan fingerprint density at radius 2 is 2.17 bits per heavy atom. The average Bonchev–Trinajstić information content (AvgIpc) is 3.28. The predicted octanol–water partition coefficient (Wildman–Crippen LogP) is 1.20. The van der Waals surface area contributed by atoms with E-state index in [4.69, 9.17) is 10.5 Å². The van der Waals surface area contributed by atoms with E-state index in [0.29, 0.717) is 25.0 Å². The van der Waals surface area contributed by atoms with Crippen molar-refractivity contribution in [1.29, 1.82) is 0 Å². The van der Waals surface area contributed by atoms with E-state index in [-0.39, 0.29) is 11.3 Å². The zero-order valence-electron chi connectivity index (χ0n) is 14.5. The highest BCUT2D eigenvalue weighted by molar-refractivity contribution is 5.84. The Morgan fingerprint density at radius 1 is 1.38 bits per heavy atom. The monoisotopic (exact) mass is 331 g/mol. The summed E-state index contributed by atoms with van der Waals surface area (Å²) in [5, 5.41) is 3.37. The van der Waals surface area contributed by atoms with E-state index in [1.54, 1.807) is 7.11 Å². The Hall–Kier alpha value is -1.43. The second-order valence-electron chi connectivity index (χ2n) is 7.17. The molecule has 1 aromatic rings. The summed E-state index contributed by atoms with van der Waals surface area (Å²) in [6.45, 7) is 4.46. The molecule has 5 heteroatoms. The second-order valence-corrected chi connectivity index (χ2v) is 7.17. The summed E-state index contributed by atoms with van der Waals surface area (Å²) in [5.74, 6) is 0.959. The first kappa shape index (κ1) is 17.4. The van der Waals surface area contributed by atoms with Gasteiger partial charge in [0, 0.05) is 39.3 Å². The molecule has 1 amide bonds. The smallest absolute Gasteiger partial charge is 0.230 e. The molecule has 0 bridgehead atoms. The second kappa shape index (κ2) is 7.64. The van der Waals surface area contributed by atoms with Gasteiger partial charge >= 0.3 is 0 Å². The van der Waals surface area contributed by atoms with Crippen molar-refractivity contribution < 1.29 is 9.53 Å². The molecule has 0 aromatic heterocycles. The summed E-state index contributed by atoms with van der Waals surface area (Å²) in [7, 11) is 1.70. The summed E-state index contributed by atoms with van der Waals surface area (Å²) in [5.41, 5.74) is 7.01. The predicted molar refractivity (Wildman–Crippen MR) is 94.7 cm³/mol. The van der Waals surface area contributed by atoms with E-state index < -0.39 is 0 Å². The number of methoxy groups -OCH3 is 1. The summed E-state index contributed by atoms with van der Waals surface area (Å²) in [6.07, 6.45) is 1.68. The molecular weight excluding hydrogens is 302 g/mol. The van der Waals surface area contributed by atoms with Crippen LogP contribution in [-0.2, 0) is 9.53 Å². The molecule has 3 atom stereocenters. The average molecular weight is 331 g/mol. The van der Waals surface area contributed by atoms with Crippen LogP contribution in [-0.4, -0.2) is 57.2 Å². The first-order chi connectivity index (χ1) is 11.7. The minimum absolute atomic E-state index is 0.279. The molecule has 0 radical (unpaired) electrons. The number of hydrogen-bond acceptors (Lipinski definition) is 4. The number of benzene rings is 1. The highest BCUT2D eigenvalue weighted by Gasteiger charge is 2.46. The quantitative estimate of drug-likeness (QED) is 0.822. The van der Waals surface area contributed by atoms with Gasteiger partial charge in [-0.3, -0.25) is 4.79 Å². The largest absolute Gasteiger partial charge is 0.385 e. The molecule has 2 heterocycles. The Labute approximate surface area is 144 Å². The van der Waals surface area contributed by atoms with Gasteiger partial charge in [-0.05, 0) is 37.4 Å². The molecule has 132 valence electrons. The van der Waals surface area contributed by atoms with Crippen LogP contribution in [0.2, 0.25) is 0 Å². The molecule has 24 heavy (non-hydrogen) atoms. The van der Waals surface area contributed by atoms with Crippen molar-refractivity contribution in [2.45, 2.75) is 18.8 Å². The number of hydrogen-bond donors (Lipinski definition) is 2. The van der Waals surface area contributed by atoms with Crippen molar-refractivity contribution >= 4 is 5.91 Å². The summed E-state index contributed by atoms with van der Waals surface area (Å²) in [6, 6.07) is 10.5. The van der Waals surface area contributed by atoms with Gasteiger partial charge < -0.3 is 20.7 Å². The first-order valence-electron chi connectivity index (χ1n) is 8.94. The highest BCUT2D eigenvalue weighted by Crippen LogP contribution is 2.38. The van der Waals surface area contributed by atoms with E-state index in [1.807, 2.05) is 6.07 Å². The van der Waals surface area contributed by atoms with Crippen LogP contribution in [0, 0.1) is 11.3 Å². The summed E-state index contributed by atoms with van der Waals surface area (Å²) >= 11 is 0. The number of carbonyl (C=O) groups is 1. The van der Waals surface area contributed by atoms with Crippen LogP contribution in [0.5, 0.6) is 0 Å². The number of nitrogens with one attached hydrogen (secondary N) is 1. The third kappa shape index (κ3) is 3.34. The van der Waals surface area contributed by atoms with Crippen molar-refractivity contribution in [2.24, 2.45) is 17.1 Å². The number of rotatable bonds is 6. The topological polar surface area (TPSA) is 67.6 Å². The summed E-state index contributed by atoms with van der Waals surface area (Å²) < 4.78 is 5.26. The van der Waals surface area contributed by atoms with E-state index in [9.17, 15) is 4.79 Å². The van der Waals surface area contributed by atoms with Crippen LogP contribution in [0.4, 0.5) is 0 Å². The molecule has 1 unspecified atom stereocenters. The fraction of sp³-hybridized carbons (Fsp3) is 0.632. The van der Waals surface area contributed by atoms with Gasteiger partial charge in [0.2, 0.25) is 5.91 Å². The molecule has 2 aliphatic heterocycles. The molecule has 0 spiro atoms. The normalized spacial score (nSPS) is 30.0. The molecular formula is C19H29N3O2. The maximum atomic E-state index is 13.3. The van der Waals surface area contributed by atoms with Gasteiger partial charge in [-0.15, -0.1) is 0 Å². The molecule has 3 N–H and O–H groups in total. The van der Waals surface area contributed by atoms with Crippen molar-refractivity contribution in [2.75, 3.05) is 46.4 Å². The summed E-state index contributed by atoms with van der Waals surface area (Å²) in [4.78, 5) is 15.4. The lowest BCUT2D eigenvalue weighted by atomic mass is 9.82. The van der Waals surface area contributed by atoms with Gasteiger partial charge in [0.1, 0.15) is 0 Å². The highest BCUT2D eigenvalue weighted by atomic mass is 16.5. The van der Waals surface area contributed by atoms with Crippen molar-refractivity contribution in [3.63, 3.8) is 0 Å². The van der Waals surface area contributed by atoms with Crippen molar-refractivity contribution in [3.05, 3.63) is 35.9 Å². The lowest BCUT2D eigenvalue weighted by Crippen LogP contribution is -2.45. The Balaban J connectivity index is 1.76. The minimum atomic E-state index is -0.305. The van der Waals surface area contributed by atoms with Crippen molar-refractivity contribution in [3.8, 4) is 0 Å².